The lowest BCUT2D eigenvalue weighted by Crippen LogP contribution is -1.93. The molecule has 0 saturated carbocycles. The lowest BCUT2D eigenvalue weighted by atomic mass is 10.1. The van der Waals surface area contributed by atoms with Crippen molar-refractivity contribution in [1.29, 1.82) is 0 Å². The molecule has 2 aromatic rings. The number of ketones is 1. The van der Waals surface area contributed by atoms with E-state index in [9.17, 15) is 4.79 Å². The first-order valence-corrected chi connectivity index (χ1v) is 6.50. The van der Waals surface area contributed by atoms with Crippen LogP contribution in [0.25, 0.3) is 6.08 Å². The van der Waals surface area contributed by atoms with E-state index < -0.39 is 0 Å². The molecule has 0 saturated heterocycles. The Morgan fingerprint density at radius 1 is 1.22 bits per heavy atom. The van der Waals surface area contributed by atoms with Crippen molar-refractivity contribution >= 4 is 34.8 Å². The molecule has 2 rings (SSSR count). The Kier molecular flexibility index (Phi) is 4.18. The highest BCUT2D eigenvalue weighted by Gasteiger charge is 2.02. The van der Waals surface area contributed by atoms with Gasteiger partial charge in [-0.15, -0.1) is 11.3 Å². The molecule has 2 nitrogen and oxygen atoms in total. The Labute approximate surface area is 114 Å². The summed E-state index contributed by atoms with van der Waals surface area (Å²) in [5.41, 5.74) is 0.634. The average molecular weight is 279 g/mol. The minimum atomic E-state index is -0.0397. The van der Waals surface area contributed by atoms with E-state index in [4.69, 9.17) is 16.3 Å². The predicted molar refractivity (Wildman–Crippen MR) is 75.7 cm³/mol. The van der Waals surface area contributed by atoms with Crippen molar-refractivity contribution in [3.63, 3.8) is 0 Å². The number of benzene rings is 1. The third-order valence-electron chi connectivity index (χ3n) is 2.37. The van der Waals surface area contributed by atoms with Crippen LogP contribution in [-0.4, -0.2) is 12.9 Å². The number of rotatable bonds is 4. The highest BCUT2D eigenvalue weighted by molar-refractivity contribution is 7.17. The summed E-state index contributed by atoms with van der Waals surface area (Å²) in [5.74, 6) is 0.697. The molecule has 0 bridgehead atoms. The van der Waals surface area contributed by atoms with Crippen LogP contribution in [0.1, 0.15) is 15.2 Å². The Balaban J connectivity index is 2.09. The highest BCUT2D eigenvalue weighted by Crippen LogP contribution is 2.22. The molecule has 18 heavy (non-hydrogen) atoms. The second-order valence-corrected chi connectivity index (χ2v) is 5.31. The number of carbonyl (C=O) groups is 1. The molecular formula is C14H11ClO2S. The molecule has 1 aromatic heterocycles. The lowest BCUT2D eigenvalue weighted by Gasteiger charge is -1.99. The molecule has 0 unspecified atom stereocenters. The van der Waals surface area contributed by atoms with Crippen molar-refractivity contribution in [3.05, 3.63) is 57.3 Å². The minimum Gasteiger partial charge on any atom is -0.497 e. The zero-order valence-electron chi connectivity index (χ0n) is 9.72. The molecule has 0 aliphatic heterocycles. The number of methoxy groups -OCH3 is 1. The van der Waals surface area contributed by atoms with Crippen LogP contribution in [0.15, 0.2) is 42.5 Å². The first-order valence-electron chi connectivity index (χ1n) is 5.31. The number of halogens is 1. The van der Waals surface area contributed by atoms with Gasteiger partial charge in [0.2, 0.25) is 0 Å². The average Bonchev–Trinajstić information content (AvgIpc) is 2.82. The van der Waals surface area contributed by atoms with Crippen LogP contribution >= 0.6 is 22.9 Å². The second-order valence-electron chi connectivity index (χ2n) is 3.57. The van der Waals surface area contributed by atoms with Crippen molar-refractivity contribution in [2.45, 2.75) is 0 Å². The molecule has 0 aliphatic carbocycles. The van der Waals surface area contributed by atoms with Gasteiger partial charge in [-0.1, -0.05) is 11.6 Å². The van der Waals surface area contributed by atoms with Crippen LogP contribution in [0.5, 0.6) is 5.75 Å². The van der Waals surface area contributed by atoms with E-state index in [0.717, 1.165) is 10.6 Å². The van der Waals surface area contributed by atoms with E-state index in [1.165, 1.54) is 11.3 Å². The summed E-state index contributed by atoms with van der Waals surface area (Å²) in [6.07, 6.45) is 3.31. The van der Waals surface area contributed by atoms with Crippen molar-refractivity contribution in [3.8, 4) is 5.75 Å². The Bertz CT molecular complexity index is 570. The van der Waals surface area contributed by atoms with Gasteiger partial charge in [0, 0.05) is 10.4 Å². The Morgan fingerprint density at radius 3 is 2.50 bits per heavy atom. The van der Waals surface area contributed by atoms with E-state index in [-0.39, 0.29) is 5.78 Å². The molecule has 0 atom stereocenters. The lowest BCUT2D eigenvalue weighted by molar-refractivity contribution is 0.104. The molecule has 1 aromatic carbocycles. The summed E-state index contributed by atoms with van der Waals surface area (Å²) in [5, 5.41) is 0. The summed E-state index contributed by atoms with van der Waals surface area (Å²) in [4.78, 5) is 12.8. The smallest absolute Gasteiger partial charge is 0.185 e. The van der Waals surface area contributed by atoms with Gasteiger partial charge in [0.15, 0.2) is 5.78 Å². The molecule has 0 amide bonds. The van der Waals surface area contributed by atoms with Crippen LogP contribution < -0.4 is 4.74 Å². The number of thiophene rings is 1. The summed E-state index contributed by atoms with van der Waals surface area (Å²) >= 11 is 7.25. The fourth-order valence-corrected chi connectivity index (χ4v) is 2.39. The van der Waals surface area contributed by atoms with Gasteiger partial charge in [-0.2, -0.15) is 0 Å². The number of carbonyl (C=O) groups excluding carboxylic acids is 1. The second kappa shape index (κ2) is 5.85. The molecular weight excluding hydrogens is 268 g/mol. The number of hydrogen-bond donors (Lipinski definition) is 0. The van der Waals surface area contributed by atoms with Crippen LogP contribution in [-0.2, 0) is 0 Å². The van der Waals surface area contributed by atoms with Crippen molar-refractivity contribution < 1.29 is 9.53 Å². The largest absolute Gasteiger partial charge is 0.497 e. The van der Waals surface area contributed by atoms with E-state index in [2.05, 4.69) is 0 Å². The molecule has 0 radical (unpaired) electrons. The Morgan fingerprint density at radius 2 is 1.94 bits per heavy atom. The summed E-state index contributed by atoms with van der Waals surface area (Å²) < 4.78 is 5.75. The summed E-state index contributed by atoms with van der Waals surface area (Å²) in [7, 11) is 1.59. The van der Waals surface area contributed by atoms with Crippen molar-refractivity contribution in [1.82, 2.24) is 0 Å². The molecule has 0 aliphatic rings. The molecule has 92 valence electrons. The molecule has 4 heteroatoms. The molecule has 0 N–H and O–H groups in total. The fraction of sp³-hybridized carbons (Fsp3) is 0.0714. The zero-order chi connectivity index (χ0) is 13.0. The van der Waals surface area contributed by atoms with E-state index in [0.29, 0.717) is 9.90 Å². The van der Waals surface area contributed by atoms with Crippen LogP contribution in [0.3, 0.4) is 0 Å². The SMILES string of the molecule is COc1ccc(C(=O)C=Cc2ccc(Cl)s2)cc1. The minimum absolute atomic E-state index is 0.0397. The zero-order valence-corrected chi connectivity index (χ0v) is 11.3. The van der Waals surface area contributed by atoms with Gasteiger partial charge >= 0.3 is 0 Å². The molecule has 0 fully saturated rings. The third kappa shape index (κ3) is 3.22. The number of hydrogen-bond acceptors (Lipinski definition) is 3. The van der Waals surface area contributed by atoms with Gasteiger partial charge in [0.25, 0.3) is 0 Å². The highest BCUT2D eigenvalue weighted by atomic mass is 35.5. The van der Waals surface area contributed by atoms with Gasteiger partial charge in [-0.3, -0.25) is 4.79 Å². The summed E-state index contributed by atoms with van der Waals surface area (Å²) in [6.45, 7) is 0. The quantitative estimate of drug-likeness (QED) is 0.615. The first kappa shape index (κ1) is 12.9. The van der Waals surface area contributed by atoms with E-state index >= 15 is 0 Å². The van der Waals surface area contributed by atoms with Crippen LogP contribution in [0.4, 0.5) is 0 Å². The van der Waals surface area contributed by atoms with Gasteiger partial charge in [0.1, 0.15) is 5.75 Å². The van der Waals surface area contributed by atoms with Gasteiger partial charge in [-0.25, -0.2) is 0 Å². The van der Waals surface area contributed by atoms with Crippen molar-refractivity contribution in [2.75, 3.05) is 7.11 Å². The molecule has 0 spiro atoms. The third-order valence-corrected chi connectivity index (χ3v) is 3.56. The maximum Gasteiger partial charge on any atom is 0.185 e. The normalized spacial score (nSPS) is 10.8. The Hall–Kier alpha value is -1.58. The predicted octanol–water partition coefficient (Wildman–Crippen LogP) is 4.31. The standard InChI is InChI=1S/C14H11ClO2S/c1-17-11-4-2-10(3-5-11)13(16)8-6-12-7-9-14(15)18-12/h2-9H,1H3. The number of allylic oxidation sites excluding steroid dienone is 1. The van der Waals surface area contributed by atoms with Crippen LogP contribution in [0, 0.1) is 0 Å². The number of ether oxygens (including phenoxy) is 1. The van der Waals surface area contributed by atoms with Gasteiger partial charge in [-0.05, 0) is 48.6 Å². The van der Waals surface area contributed by atoms with Crippen LogP contribution in [0.2, 0.25) is 4.34 Å². The maximum absolute atomic E-state index is 11.9. The fourth-order valence-electron chi connectivity index (χ4n) is 1.43. The summed E-state index contributed by atoms with van der Waals surface area (Å²) in [6, 6.07) is 10.7. The molecule has 1 heterocycles. The maximum atomic E-state index is 11.9. The van der Waals surface area contributed by atoms with Gasteiger partial charge in [0.05, 0.1) is 11.4 Å². The van der Waals surface area contributed by atoms with Crippen molar-refractivity contribution in [2.24, 2.45) is 0 Å². The first-order chi connectivity index (χ1) is 8.69. The topological polar surface area (TPSA) is 26.3 Å². The van der Waals surface area contributed by atoms with Gasteiger partial charge < -0.3 is 4.74 Å². The monoisotopic (exact) mass is 278 g/mol. The van der Waals surface area contributed by atoms with E-state index in [1.54, 1.807) is 43.5 Å². The van der Waals surface area contributed by atoms with E-state index in [1.807, 2.05) is 12.1 Å².